The molecule has 3 N–H and O–H groups in total. The van der Waals surface area contributed by atoms with Crippen molar-refractivity contribution in [1.82, 2.24) is 14.9 Å². The van der Waals surface area contributed by atoms with E-state index in [4.69, 9.17) is 17.4 Å². The molecule has 0 fully saturated rings. The molecule has 140 valence electrons. The van der Waals surface area contributed by atoms with E-state index in [-0.39, 0.29) is 11.7 Å². The SMILES string of the molecule is Cc1c(Cl)cccc1NC(=O)[C@@H](C)Sc1nnc(-c2ccc(F)cc2)n1N. The largest absolute Gasteiger partial charge is 0.335 e. The molecule has 0 spiro atoms. The fourth-order valence-corrected chi connectivity index (χ4v) is 3.29. The zero-order chi connectivity index (χ0) is 19.6. The summed E-state index contributed by atoms with van der Waals surface area (Å²) in [5.41, 5.74) is 2.08. The smallest absolute Gasteiger partial charge is 0.237 e. The van der Waals surface area contributed by atoms with E-state index in [1.165, 1.54) is 28.6 Å². The van der Waals surface area contributed by atoms with Crippen LogP contribution in [0.15, 0.2) is 47.6 Å². The van der Waals surface area contributed by atoms with Crippen LogP contribution in [0.1, 0.15) is 12.5 Å². The number of anilines is 1. The van der Waals surface area contributed by atoms with E-state index >= 15 is 0 Å². The van der Waals surface area contributed by atoms with Gasteiger partial charge in [-0.3, -0.25) is 4.79 Å². The second-order valence-corrected chi connectivity index (χ2v) is 7.56. The molecule has 0 aliphatic carbocycles. The third-order valence-corrected chi connectivity index (χ3v) is 5.41. The van der Waals surface area contributed by atoms with Gasteiger partial charge in [-0.15, -0.1) is 10.2 Å². The van der Waals surface area contributed by atoms with Crippen molar-refractivity contribution >= 4 is 35.0 Å². The van der Waals surface area contributed by atoms with Gasteiger partial charge in [0, 0.05) is 16.3 Å². The molecule has 0 aliphatic heterocycles. The summed E-state index contributed by atoms with van der Waals surface area (Å²) in [4.78, 5) is 12.5. The minimum atomic E-state index is -0.476. The molecule has 2 aromatic carbocycles. The first-order valence-corrected chi connectivity index (χ1v) is 9.31. The number of nitrogen functional groups attached to an aromatic ring is 1. The van der Waals surface area contributed by atoms with Gasteiger partial charge in [-0.25, -0.2) is 9.07 Å². The van der Waals surface area contributed by atoms with Gasteiger partial charge in [-0.05, 0) is 55.8 Å². The topological polar surface area (TPSA) is 85.8 Å². The van der Waals surface area contributed by atoms with Crippen LogP contribution >= 0.6 is 23.4 Å². The van der Waals surface area contributed by atoms with E-state index in [2.05, 4.69) is 15.5 Å². The summed E-state index contributed by atoms with van der Waals surface area (Å²) in [6.07, 6.45) is 0. The summed E-state index contributed by atoms with van der Waals surface area (Å²) in [7, 11) is 0. The minimum absolute atomic E-state index is 0.211. The van der Waals surface area contributed by atoms with Gasteiger partial charge >= 0.3 is 0 Å². The van der Waals surface area contributed by atoms with Gasteiger partial charge < -0.3 is 11.2 Å². The summed E-state index contributed by atoms with van der Waals surface area (Å²) in [5.74, 6) is 5.87. The number of nitrogens with one attached hydrogen (secondary N) is 1. The molecule has 0 saturated heterocycles. The monoisotopic (exact) mass is 405 g/mol. The van der Waals surface area contributed by atoms with Gasteiger partial charge in [0.1, 0.15) is 5.82 Å². The van der Waals surface area contributed by atoms with Gasteiger partial charge in [0.05, 0.1) is 5.25 Å². The fourth-order valence-electron chi connectivity index (χ4n) is 2.34. The van der Waals surface area contributed by atoms with Crippen molar-refractivity contribution in [3.8, 4) is 11.4 Å². The average molecular weight is 406 g/mol. The first-order valence-electron chi connectivity index (χ1n) is 8.06. The van der Waals surface area contributed by atoms with E-state index < -0.39 is 5.25 Å². The van der Waals surface area contributed by atoms with Gasteiger partial charge in [-0.2, -0.15) is 0 Å². The van der Waals surface area contributed by atoms with Crippen molar-refractivity contribution < 1.29 is 9.18 Å². The maximum Gasteiger partial charge on any atom is 0.237 e. The Labute approximate surface area is 164 Å². The zero-order valence-corrected chi connectivity index (χ0v) is 16.2. The van der Waals surface area contributed by atoms with Crippen LogP contribution in [0.2, 0.25) is 5.02 Å². The second-order valence-electron chi connectivity index (χ2n) is 5.84. The van der Waals surface area contributed by atoms with Crippen molar-refractivity contribution in [3.63, 3.8) is 0 Å². The number of thioether (sulfide) groups is 1. The number of rotatable bonds is 5. The quantitative estimate of drug-likeness (QED) is 0.497. The molecule has 0 bridgehead atoms. The summed E-state index contributed by atoms with van der Waals surface area (Å²) in [5, 5.41) is 11.4. The molecule has 9 heteroatoms. The lowest BCUT2D eigenvalue weighted by molar-refractivity contribution is -0.115. The number of halogens is 2. The molecule has 27 heavy (non-hydrogen) atoms. The zero-order valence-electron chi connectivity index (χ0n) is 14.6. The van der Waals surface area contributed by atoms with Crippen molar-refractivity contribution in [1.29, 1.82) is 0 Å². The lowest BCUT2D eigenvalue weighted by Crippen LogP contribution is -2.24. The van der Waals surface area contributed by atoms with Crippen LogP contribution in [0.4, 0.5) is 10.1 Å². The van der Waals surface area contributed by atoms with Gasteiger partial charge in [-0.1, -0.05) is 29.4 Å². The molecular formula is C18H17ClFN5OS. The molecule has 0 unspecified atom stereocenters. The Morgan fingerprint density at radius 3 is 2.67 bits per heavy atom. The van der Waals surface area contributed by atoms with E-state index in [9.17, 15) is 9.18 Å². The standard InChI is InChI=1S/C18H17ClFN5OS/c1-10-14(19)4-3-5-15(10)22-17(26)11(2)27-18-24-23-16(25(18)21)12-6-8-13(20)9-7-12/h3-9,11H,21H2,1-2H3,(H,22,26)/t11-/m1/s1. The lowest BCUT2D eigenvalue weighted by Gasteiger charge is -2.13. The first kappa shape index (κ1) is 19.2. The number of hydrogen-bond acceptors (Lipinski definition) is 5. The summed E-state index contributed by atoms with van der Waals surface area (Å²) in [6, 6.07) is 11.1. The summed E-state index contributed by atoms with van der Waals surface area (Å²) < 4.78 is 14.4. The third-order valence-electron chi connectivity index (χ3n) is 3.94. The molecule has 6 nitrogen and oxygen atoms in total. The van der Waals surface area contributed by atoms with Crippen LogP contribution in [-0.4, -0.2) is 26.0 Å². The highest BCUT2D eigenvalue weighted by Gasteiger charge is 2.20. The molecular weight excluding hydrogens is 389 g/mol. The molecule has 1 atom stereocenters. The lowest BCUT2D eigenvalue weighted by atomic mass is 10.2. The number of aromatic nitrogens is 3. The first-order chi connectivity index (χ1) is 12.9. The Hall–Kier alpha value is -2.58. The Kier molecular flexibility index (Phi) is 5.67. The van der Waals surface area contributed by atoms with Crippen molar-refractivity contribution in [2.75, 3.05) is 11.2 Å². The predicted octanol–water partition coefficient (Wildman–Crippen LogP) is 3.88. The number of amides is 1. The third kappa shape index (κ3) is 4.23. The molecule has 0 aliphatic rings. The molecule has 3 rings (SSSR count). The van der Waals surface area contributed by atoms with Crippen LogP contribution in [0, 0.1) is 12.7 Å². The fraction of sp³-hybridized carbons (Fsp3) is 0.167. The Balaban J connectivity index is 1.72. The average Bonchev–Trinajstić information content (AvgIpc) is 3.00. The molecule has 0 saturated carbocycles. The number of hydrogen-bond donors (Lipinski definition) is 2. The molecule has 0 radical (unpaired) electrons. The normalized spacial score (nSPS) is 12.0. The van der Waals surface area contributed by atoms with E-state index in [0.717, 1.165) is 5.56 Å². The van der Waals surface area contributed by atoms with Crippen molar-refractivity contribution in [3.05, 3.63) is 58.9 Å². The summed E-state index contributed by atoms with van der Waals surface area (Å²) >= 11 is 7.25. The highest BCUT2D eigenvalue weighted by atomic mass is 35.5. The van der Waals surface area contributed by atoms with Gasteiger partial charge in [0.2, 0.25) is 11.1 Å². The van der Waals surface area contributed by atoms with Crippen LogP contribution in [-0.2, 0) is 4.79 Å². The maximum atomic E-state index is 13.1. The van der Waals surface area contributed by atoms with Crippen molar-refractivity contribution in [2.45, 2.75) is 24.3 Å². The number of nitrogens with two attached hydrogens (primary N) is 1. The van der Waals surface area contributed by atoms with E-state index in [1.807, 2.05) is 6.92 Å². The van der Waals surface area contributed by atoms with Crippen LogP contribution in [0.3, 0.4) is 0 Å². The number of carbonyl (C=O) groups is 1. The van der Waals surface area contributed by atoms with Gasteiger partial charge in [0.15, 0.2) is 5.82 Å². The van der Waals surface area contributed by atoms with E-state index in [1.54, 1.807) is 37.3 Å². The summed E-state index contributed by atoms with van der Waals surface area (Å²) in [6.45, 7) is 3.58. The maximum absolute atomic E-state index is 13.1. The number of carbonyl (C=O) groups excluding carboxylic acids is 1. The second kappa shape index (κ2) is 7.98. The van der Waals surface area contributed by atoms with Gasteiger partial charge in [0.25, 0.3) is 0 Å². The Morgan fingerprint density at radius 2 is 1.96 bits per heavy atom. The highest BCUT2D eigenvalue weighted by molar-refractivity contribution is 8.00. The van der Waals surface area contributed by atoms with E-state index in [0.29, 0.717) is 27.3 Å². The van der Waals surface area contributed by atoms with Crippen molar-refractivity contribution in [2.24, 2.45) is 0 Å². The number of nitrogens with zero attached hydrogens (tertiary/aromatic N) is 3. The Morgan fingerprint density at radius 1 is 1.26 bits per heavy atom. The minimum Gasteiger partial charge on any atom is -0.335 e. The van der Waals surface area contributed by atoms with Crippen LogP contribution in [0.25, 0.3) is 11.4 Å². The predicted molar refractivity (Wildman–Crippen MR) is 106 cm³/mol. The molecule has 1 amide bonds. The molecule has 1 heterocycles. The van der Waals surface area contributed by atoms with Crippen LogP contribution < -0.4 is 11.2 Å². The molecule has 1 aromatic heterocycles. The molecule has 3 aromatic rings. The Bertz CT molecular complexity index is 976. The number of benzene rings is 2. The van der Waals surface area contributed by atoms with Crippen LogP contribution in [0.5, 0.6) is 0 Å². The highest BCUT2D eigenvalue weighted by Crippen LogP contribution is 2.27.